The van der Waals surface area contributed by atoms with E-state index in [1.165, 1.54) is 31.9 Å². The lowest BCUT2D eigenvalue weighted by atomic mass is 10.2. The molecule has 2 aromatic heterocycles. The number of benzene rings is 1. The van der Waals surface area contributed by atoms with E-state index in [-0.39, 0.29) is 24.7 Å². The average molecular weight is 568 g/mol. The number of carbonyl (C=O) groups excluding carboxylic acids is 3. The molecule has 0 fully saturated rings. The number of nitrogens with two attached hydrogens (primary N) is 1. The van der Waals surface area contributed by atoms with Crippen LogP contribution in [-0.4, -0.2) is 49.6 Å². The van der Waals surface area contributed by atoms with Crippen molar-refractivity contribution in [1.82, 2.24) is 24.2 Å². The van der Waals surface area contributed by atoms with Crippen LogP contribution in [0.3, 0.4) is 0 Å². The van der Waals surface area contributed by atoms with Gasteiger partial charge in [0.25, 0.3) is 0 Å². The third kappa shape index (κ3) is 6.01. The molecule has 14 heteroatoms. The number of rotatable bonds is 9. The van der Waals surface area contributed by atoms with Crippen molar-refractivity contribution >= 4 is 41.1 Å². The second kappa shape index (κ2) is 12.1. The number of hydrogen-bond donors (Lipinski definition) is 3. The summed E-state index contributed by atoms with van der Waals surface area (Å²) in [5.74, 6) is -1.12. The Morgan fingerprint density at radius 3 is 2.52 bits per heavy atom. The molecule has 0 saturated heterocycles. The summed E-state index contributed by atoms with van der Waals surface area (Å²) >= 11 is 1.23. The molecule has 210 valence electrons. The minimum absolute atomic E-state index is 0.0129. The van der Waals surface area contributed by atoms with Crippen LogP contribution in [0.4, 0.5) is 11.5 Å². The lowest BCUT2D eigenvalue weighted by Gasteiger charge is -2.20. The Hall–Kier alpha value is -4.59. The number of nitrogen functional groups attached to an aromatic ring is 1. The zero-order valence-corrected chi connectivity index (χ0v) is 22.9. The van der Waals surface area contributed by atoms with E-state index >= 15 is 0 Å². The second-order valence-corrected chi connectivity index (χ2v) is 10.1. The lowest BCUT2D eigenvalue weighted by Crippen LogP contribution is -2.41. The van der Waals surface area contributed by atoms with E-state index in [1.54, 1.807) is 49.4 Å². The third-order valence-corrected chi connectivity index (χ3v) is 7.34. The standard InChI is InChI=1S/C26H29N7O6S/c1-15-17(6-11-22(27)29-15)13-28-23(35)20-5-4-12-31-25(37)32(26(38)33(20)31)21(24(36)39-3)14-40-19-9-7-18(8-10-19)30-16(2)34/h4-11,20-21H,12-14H2,1-3H3,(H2,27,29)(H,28,35)(H,30,34). The number of methoxy groups -OCH3 is 1. The molecule has 3 aromatic rings. The Bertz CT molecular complexity index is 1590. The molecule has 2 unspecified atom stereocenters. The van der Waals surface area contributed by atoms with Crippen molar-refractivity contribution in [2.45, 2.75) is 43.9 Å². The number of esters is 1. The first-order valence-electron chi connectivity index (χ1n) is 12.3. The first-order valence-corrected chi connectivity index (χ1v) is 13.3. The minimum atomic E-state index is -1.25. The van der Waals surface area contributed by atoms with Gasteiger partial charge >= 0.3 is 17.3 Å². The molecule has 3 heterocycles. The summed E-state index contributed by atoms with van der Waals surface area (Å²) in [6.45, 7) is 3.37. The number of aromatic nitrogens is 4. The number of ether oxygens (including phenoxy) is 1. The van der Waals surface area contributed by atoms with Crippen LogP contribution in [0.5, 0.6) is 0 Å². The fourth-order valence-corrected chi connectivity index (χ4v) is 5.23. The Labute approximate surface area is 233 Å². The molecule has 0 saturated carbocycles. The fourth-order valence-electron chi connectivity index (χ4n) is 4.26. The lowest BCUT2D eigenvalue weighted by molar-refractivity contribution is -0.144. The zero-order valence-electron chi connectivity index (χ0n) is 22.1. The first-order chi connectivity index (χ1) is 19.1. The Morgan fingerprint density at radius 1 is 1.15 bits per heavy atom. The smallest absolute Gasteiger partial charge is 0.349 e. The fraction of sp³-hybridized carbons (Fsp3) is 0.308. The van der Waals surface area contributed by atoms with Gasteiger partial charge < -0.3 is 21.1 Å². The van der Waals surface area contributed by atoms with Gasteiger partial charge in [0, 0.05) is 35.5 Å². The molecule has 0 bridgehead atoms. The van der Waals surface area contributed by atoms with Gasteiger partial charge in [0.2, 0.25) is 11.8 Å². The number of nitrogens with zero attached hydrogens (tertiary/aromatic N) is 4. The van der Waals surface area contributed by atoms with Crippen molar-refractivity contribution in [3.8, 4) is 0 Å². The predicted molar refractivity (Wildman–Crippen MR) is 149 cm³/mol. The van der Waals surface area contributed by atoms with Crippen LogP contribution in [-0.2, 0) is 32.2 Å². The molecule has 1 aromatic carbocycles. The van der Waals surface area contributed by atoms with E-state index in [2.05, 4.69) is 15.6 Å². The number of amides is 2. The van der Waals surface area contributed by atoms with E-state index in [0.29, 0.717) is 17.2 Å². The molecule has 4 N–H and O–H groups in total. The quantitative estimate of drug-likeness (QED) is 0.194. The summed E-state index contributed by atoms with van der Waals surface area (Å²) in [5, 5.41) is 5.44. The van der Waals surface area contributed by atoms with Gasteiger partial charge in [-0.25, -0.2) is 33.3 Å². The van der Waals surface area contributed by atoms with Crippen LogP contribution in [0.2, 0.25) is 0 Å². The summed E-state index contributed by atoms with van der Waals surface area (Å²) in [4.78, 5) is 68.9. The zero-order chi connectivity index (χ0) is 29.0. The van der Waals surface area contributed by atoms with Gasteiger partial charge in [-0.1, -0.05) is 18.2 Å². The number of anilines is 2. The molecule has 40 heavy (non-hydrogen) atoms. The maximum absolute atomic E-state index is 13.5. The van der Waals surface area contributed by atoms with Crippen LogP contribution in [0.1, 0.15) is 30.3 Å². The number of aryl methyl sites for hydroxylation is 1. The SMILES string of the molecule is COC(=O)C(CSc1ccc(NC(C)=O)cc1)n1c(=O)n2n(c1=O)C(C(=O)NCc1ccc(N)nc1C)C=CC2. The van der Waals surface area contributed by atoms with Crippen molar-refractivity contribution in [2.75, 3.05) is 23.9 Å². The summed E-state index contributed by atoms with van der Waals surface area (Å²) in [6.07, 6.45) is 3.15. The molecule has 2 amide bonds. The van der Waals surface area contributed by atoms with Gasteiger partial charge in [-0.3, -0.25) is 9.59 Å². The van der Waals surface area contributed by atoms with Crippen LogP contribution >= 0.6 is 11.8 Å². The maximum Gasteiger partial charge on any atom is 0.349 e. The molecule has 0 aliphatic carbocycles. The Kier molecular flexibility index (Phi) is 8.58. The summed E-state index contributed by atoms with van der Waals surface area (Å²) in [6, 6.07) is 7.91. The highest BCUT2D eigenvalue weighted by molar-refractivity contribution is 7.99. The average Bonchev–Trinajstić information content (AvgIpc) is 3.18. The molecule has 0 spiro atoms. The minimum Gasteiger partial charge on any atom is -0.467 e. The molecule has 1 aliphatic rings. The van der Waals surface area contributed by atoms with Gasteiger partial charge in [0.1, 0.15) is 11.9 Å². The molecule has 13 nitrogen and oxygen atoms in total. The highest BCUT2D eigenvalue weighted by Gasteiger charge is 2.33. The predicted octanol–water partition coefficient (Wildman–Crippen LogP) is 0.989. The molecular formula is C26H29N7O6S. The van der Waals surface area contributed by atoms with Gasteiger partial charge in [0.05, 0.1) is 13.7 Å². The third-order valence-electron chi connectivity index (χ3n) is 6.26. The summed E-state index contributed by atoms with van der Waals surface area (Å²) in [5.41, 5.74) is 6.16. The summed E-state index contributed by atoms with van der Waals surface area (Å²) in [7, 11) is 1.17. The highest BCUT2D eigenvalue weighted by Crippen LogP contribution is 2.25. The van der Waals surface area contributed by atoms with E-state index in [0.717, 1.165) is 24.4 Å². The number of hydrogen-bond acceptors (Lipinski definition) is 9. The molecule has 0 radical (unpaired) electrons. The van der Waals surface area contributed by atoms with E-state index in [4.69, 9.17) is 10.5 Å². The number of pyridine rings is 1. The first kappa shape index (κ1) is 28.4. The van der Waals surface area contributed by atoms with Gasteiger partial charge in [-0.15, -0.1) is 11.8 Å². The number of allylic oxidation sites excluding steroid dienone is 1. The normalized spacial score (nSPS) is 14.7. The van der Waals surface area contributed by atoms with Crippen molar-refractivity contribution in [1.29, 1.82) is 0 Å². The van der Waals surface area contributed by atoms with E-state index in [1.807, 2.05) is 0 Å². The van der Waals surface area contributed by atoms with Gasteiger partial charge in [-0.2, -0.15) is 0 Å². The summed E-state index contributed by atoms with van der Waals surface area (Å²) < 4.78 is 7.92. The van der Waals surface area contributed by atoms with Crippen molar-refractivity contribution < 1.29 is 19.1 Å². The monoisotopic (exact) mass is 567 g/mol. The number of carbonyl (C=O) groups is 3. The second-order valence-electron chi connectivity index (χ2n) is 8.99. The van der Waals surface area contributed by atoms with Gasteiger partial charge in [0.15, 0.2) is 6.04 Å². The van der Waals surface area contributed by atoms with E-state index < -0.39 is 35.3 Å². The molecule has 1 aliphatic heterocycles. The number of fused-ring (bicyclic) bond motifs is 1. The topological polar surface area (TPSA) is 172 Å². The van der Waals surface area contributed by atoms with Crippen LogP contribution in [0.15, 0.2) is 63.0 Å². The number of thioether (sulfide) groups is 1. The molecule has 4 rings (SSSR count). The molecular weight excluding hydrogens is 538 g/mol. The molecule has 2 atom stereocenters. The Balaban J connectivity index is 1.58. The van der Waals surface area contributed by atoms with Crippen LogP contribution in [0.25, 0.3) is 0 Å². The van der Waals surface area contributed by atoms with Crippen molar-refractivity contribution in [2.24, 2.45) is 0 Å². The number of nitrogens with one attached hydrogen (secondary N) is 2. The maximum atomic E-state index is 13.5. The largest absolute Gasteiger partial charge is 0.467 e. The Morgan fingerprint density at radius 2 is 1.88 bits per heavy atom. The van der Waals surface area contributed by atoms with Crippen LogP contribution < -0.4 is 27.7 Å². The van der Waals surface area contributed by atoms with Gasteiger partial charge in [-0.05, 0) is 42.8 Å². The van der Waals surface area contributed by atoms with E-state index in [9.17, 15) is 24.0 Å². The van der Waals surface area contributed by atoms with Crippen molar-refractivity contribution in [3.05, 3.63) is 80.8 Å². The van der Waals surface area contributed by atoms with Crippen LogP contribution in [0, 0.1) is 6.92 Å². The highest BCUT2D eigenvalue weighted by atomic mass is 32.2. The van der Waals surface area contributed by atoms with Crippen molar-refractivity contribution in [3.63, 3.8) is 0 Å².